The molecule has 12 rings (SSSR count). The fourth-order valence-electron chi connectivity index (χ4n) is 18.2. The predicted molar refractivity (Wildman–Crippen MR) is 527 cm³/mol. The van der Waals surface area contributed by atoms with E-state index in [1.807, 2.05) is 201 Å². The van der Waals surface area contributed by atoms with Crippen molar-refractivity contribution in [3.05, 3.63) is 0 Å². The third-order valence-electron chi connectivity index (χ3n) is 28.6. The lowest BCUT2D eigenvalue weighted by Gasteiger charge is -2.56. The lowest BCUT2D eigenvalue weighted by atomic mass is 9.54. The van der Waals surface area contributed by atoms with Gasteiger partial charge in [-0.2, -0.15) is 0 Å². The van der Waals surface area contributed by atoms with E-state index in [0.717, 1.165) is 164 Å². The number of hydrogen-bond donors (Lipinski definition) is 0. The van der Waals surface area contributed by atoms with E-state index in [0.29, 0.717) is 33.0 Å². The summed E-state index contributed by atoms with van der Waals surface area (Å²) in [4.78, 5) is 104. The van der Waals surface area contributed by atoms with E-state index in [1.165, 1.54) is 103 Å². The van der Waals surface area contributed by atoms with Crippen LogP contribution in [0.15, 0.2) is 0 Å². The molecule has 12 atom stereocenters. The standard InChI is InChI=1S/C17H28O3.C16H26O3.C14H26O3.C13H24O3.C11H20O3.C11H22O3.C10H18O3.C9H18O3.C8H16O3/c1-4-11(2)16(18)19-12(3)20-17-8-13-5-14(9-17)7-15(6-13)10-17;1-3-11(2)15(17)18-10-19-16-7-12-4-13(8-16)6-14(5-12)9-16;1-5-13(3,4)12(15)17-14(16-6-2)10-8-7-9-11-14;1-4-10(2)13(14)16-11(3)15-12-8-6-5-7-9-12;1-4-11(2,3)10(12)14-9-7-5-6-8-13-9;1-7-8(2)10(12)13-9(3)14-11(4,5)6;1-4-10(2,3)9(11)13-8-6-5-7-12-8;1-5-7(3)9(10)12-8(4)11-6-2;1-4-7(3)8(9)11-6-10-5-2/h11-15H,4-10H2,1-3H3;11-14H,3-10H2,1-2H3;5-11H2,1-4H3;10-12H,4-9H2,1-3H3;9H,4-8H2,1-3H3;8-9H,7H2,1-6H3;8H,4-7H2,1-3H3;7-8H,5-6H2,1-4H3;7H,4-6H2,1-3H3. The Labute approximate surface area is 824 Å². The smallest absolute Gasteiger partial charge is 0.313 e. The Bertz CT molecular complexity index is 3240. The Kier molecular flexibility index (Phi) is 60.9. The SMILES string of the molecule is CCC(C)(C)C(=O)OC1CCCCO1.CCC(C)(C)C(=O)OC1CCCO1.CCC(C)C(=O)OC(C)OC(C)(C)C.CCC(C)C(=O)OC(C)OC12CC3CC(CC(C3)C1)C2.CCC(C)C(=O)OC(C)OC1CCCCC1.CCC(C)C(=O)OCOC12CC3CC(CC(C3)C1)C2.CCOC(C)OC(=O)C(C)CC.CCOC1(OC(=O)C(C)(C)CC)CCCCC1.CCOCOC(=O)C(C)CC. The van der Waals surface area contributed by atoms with Crippen molar-refractivity contribution in [3.63, 3.8) is 0 Å². The monoisotopic (exact) mass is 1940 g/mol. The molecule has 0 N–H and O–H groups in total. The van der Waals surface area contributed by atoms with E-state index in [-0.39, 0.29) is 149 Å². The summed E-state index contributed by atoms with van der Waals surface area (Å²) in [7, 11) is 0. The summed E-state index contributed by atoms with van der Waals surface area (Å²) in [5, 5.41) is 0. The summed E-state index contributed by atoms with van der Waals surface area (Å²) in [6.07, 6.45) is 36.7. The van der Waals surface area contributed by atoms with E-state index in [2.05, 4.69) is 0 Å². The van der Waals surface area contributed by atoms with Crippen LogP contribution in [0.1, 0.15) is 446 Å². The van der Waals surface area contributed by atoms with Crippen LogP contribution < -0.4 is 0 Å². The van der Waals surface area contributed by atoms with Crippen molar-refractivity contribution in [2.75, 3.05) is 46.6 Å². The molecule has 2 saturated heterocycles. The van der Waals surface area contributed by atoms with Gasteiger partial charge in [-0.05, 0) is 326 Å². The minimum absolute atomic E-state index is 0.0139. The average molecular weight is 1940 g/mol. The molecule has 0 spiro atoms. The highest BCUT2D eigenvalue weighted by Crippen LogP contribution is 2.59. The normalized spacial score (nSPS) is 25.5. The molecule has 0 aromatic heterocycles. The van der Waals surface area contributed by atoms with Crippen LogP contribution in [0, 0.1) is 87.3 Å². The van der Waals surface area contributed by atoms with Crippen LogP contribution >= 0.6 is 0 Å². The van der Waals surface area contributed by atoms with E-state index in [9.17, 15) is 43.2 Å². The molecule has 27 nitrogen and oxygen atoms in total. The van der Waals surface area contributed by atoms with Crippen LogP contribution in [0.5, 0.6) is 0 Å². The van der Waals surface area contributed by atoms with Gasteiger partial charge in [0.1, 0.15) is 0 Å². The molecule has 12 aliphatic rings. The molecule has 2 heterocycles. The van der Waals surface area contributed by atoms with Crippen LogP contribution in [0.3, 0.4) is 0 Å². The number of esters is 9. The second kappa shape index (κ2) is 65.2. The molecule has 136 heavy (non-hydrogen) atoms. The van der Waals surface area contributed by atoms with Gasteiger partial charge >= 0.3 is 53.7 Å². The van der Waals surface area contributed by atoms with Crippen molar-refractivity contribution < 1.29 is 128 Å². The van der Waals surface area contributed by atoms with E-state index < -0.39 is 36.4 Å². The summed E-state index contributed by atoms with van der Waals surface area (Å²) >= 11 is 0. The predicted octanol–water partition coefficient (Wildman–Crippen LogP) is 25.2. The third kappa shape index (κ3) is 49.2. The average Bonchev–Trinajstić information content (AvgIpc) is 0.801. The number of hydrogen-bond acceptors (Lipinski definition) is 27. The van der Waals surface area contributed by atoms with Gasteiger partial charge in [0, 0.05) is 45.5 Å². The molecule has 27 heteroatoms. The Balaban J connectivity index is 0.000000521. The molecule has 0 radical (unpaired) electrons. The zero-order valence-electron chi connectivity index (χ0n) is 91.4. The van der Waals surface area contributed by atoms with E-state index in [1.54, 1.807) is 13.8 Å². The van der Waals surface area contributed by atoms with Gasteiger partial charge in [-0.3, -0.25) is 43.2 Å². The molecular formula is C109H198O27. The Hall–Kier alpha value is -5.13. The van der Waals surface area contributed by atoms with E-state index >= 15 is 0 Å². The minimum Gasteiger partial charge on any atom is -0.438 e. The summed E-state index contributed by atoms with van der Waals surface area (Å²) in [6.45, 7) is 62.6. The summed E-state index contributed by atoms with van der Waals surface area (Å²) in [6, 6.07) is 0. The first-order chi connectivity index (χ1) is 63.9. The van der Waals surface area contributed by atoms with Crippen molar-refractivity contribution in [1.29, 1.82) is 0 Å². The largest absolute Gasteiger partial charge is 0.438 e. The quantitative estimate of drug-likeness (QED) is 0.0238. The van der Waals surface area contributed by atoms with Crippen LogP contribution in [0.25, 0.3) is 0 Å². The summed E-state index contributed by atoms with van der Waals surface area (Å²) < 4.78 is 96.8. The highest BCUT2D eigenvalue weighted by Gasteiger charge is 2.54. The van der Waals surface area contributed by atoms with Crippen LogP contribution in [-0.4, -0.2) is 167 Å². The van der Waals surface area contributed by atoms with E-state index in [4.69, 9.17) is 85.3 Å². The number of ether oxygens (including phenoxy) is 18. The molecule has 8 bridgehead atoms. The highest BCUT2D eigenvalue weighted by molar-refractivity contribution is 5.77. The molecular weight excluding hydrogens is 1740 g/mol. The van der Waals surface area contributed by atoms with Crippen molar-refractivity contribution in [1.82, 2.24) is 0 Å². The molecule has 12 unspecified atom stereocenters. The first-order valence-corrected chi connectivity index (χ1v) is 53.4. The first kappa shape index (κ1) is 127. The van der Waals surface area contributed by atoms with Crippen molar-refractivity contribution >= 4 is 53.7 Å². The Morgan fingerprint density at radius 1 is 0.346 bits per heavy atom. The van der Waals surface area contributed by atoms with Gasteiger partial charge in [-0.15, -0.1) is 0 Å². The molecule has 10 saturated carbocycles. The molecule has 2 aliphatic heterocycles. The maximum Gasteiger partial charge on any atom is 0.313 e. The molecule has 10 aliphatic carbocycles. The maximum absolute atomic E-state index is 12.1. The van der Waals surface area contributed by atoms with Gasteiger partial charge in [-0.25, -0.2) is 0 Å². The summed E-state index contributed by atoms with van der Waals surface area (Å²) in [5.41, 5.74) is -1.40. The number of carbonyl (C=O) groups excluding carboxylic acids is 9. The zero-order chi connectivity index (χ0) is 103. The lowest BCUT2D eigenvalue weighted by Crippen LogP contribution is -2.53. The van der Waals surface area contributed by atoms with Gasteiger partial charge in [0.2, 0.25) is 30.9 Å². The third-order valence-corrected chi connectivity index (χ3v) is 28.6. The van der Waals surface area contributed by atoms with Gasteiger partial charge < -0.3 is 85.3 Å². The molecule has 0 aromatic carbocycles. The topological polar surface area (TPSA) is 320 Å². The lowest BCUT2D eigenvalue weighted by molar-refractivity contribution is -0.249. The van der Waals surface area contributed by atoms with Crippen LogP contribution in [0.2, 0.25) is 0 Å². The van der Waals surface area contributed by atoms with Gasteiger partial charge in [0.15, 0.2) is 26.2 Å². The van der Waals surface area contributed by atoms with Gasteiger partial charge in [-0.1, -0.05) is 130 Å². The second-order valence-corrected chi connectivity index (χ2v) is 43.1. The molecule has 796 valence electrons. The van der Waals surface area contributed by atoms with Crippen molar-refractivity contribution in [2.24, 2.45) is 87.3 Å². The fourth-order valence-corrected chi connectivity index (χ4v) is 18.2. The van der Waals surface area contributed by atoms with Crippen molar-refractivity contribution in [2.45, 2.75) is 512 Å². The van der Waals surface area contributed by atoms with Crippen molar-refractivity contribution in [3.8, 4) is 0 Å². The second-order valence-electron chi connectivity index (χ2n) is 43.1. The maximum atomic E-state index is 12.1. The van der Waals surface area contributed by atoms with Gasteiger partial charge in [0.05, 0.1) is 87.9 Å². The molecule has 0 amide bonds. The Morgan fingerprint density at radius 3 is 1.04 bits per heavy atom. The zero-order valence-corrected chi connectivity index (χ0v) is 91.4. The number of carbonyl (C=O) groups is 9. The fraction of sp³-hybridized carbons (Fsp3) is 0.917. The van der Waals surface area contributed by atoms with Crippen LogP contribution in [0.4, 0.5) is 0 Å². The summed E-state index contributed by atoms with van der Waals surface area (Å²) in [5.74, 6) is 3.01. The van der Waals surface area contributed by atoms with Gasteiger partial charge in [0.25, 0.3) is 0 Å². The molecule has 0 aromatic rings. The minimum atomic E-state index is -0.642. The number of rotatable bonds is 40. The Morgan fingerprint density at radius 2 is 0.691 bits per heavy atom. The highest BCUT2D eigenvalue weighted by atomic mass is 16.7. The molecule has 12 fully saturated rings. The first-order valence-electron chi connectivity index (χ1n) is 53.4. The van der Waals surface area contributed by atoms with Crippen LogP contribution in [-0.2, 0) is 128 Å².